The normalized spacial score (nSPS) is 20.9. The summed E-state index contributed by atoms with van der Waals surface area (Å²) in [7, 11) is 0. The zero-order valence-corrected chi connectivity index (χ0v) is 9.94. The van der Waals surface area contributed by atoms with Gasteiger partial charge in [-0.2, -0.15) is 4.98 Å². The van der Waals surface area contributed by atoms with E-state index >= 15 is 0 Å². The molecule has 0 unspecified atom stereocenters. The minimum absolute atomic E-state index is 0.520. The molecule has 88 valence electrons. The minimum Gasteiger partial charge on any atom is -0.478 e. The van der Waals surface area contributed by atoms with E-state index in [-0.39, 0.29) is 0 Å². The Kier molecular flexibility index (Phi) is 3.62. The molecule has 1 atom stereocenters. The molecule has 1 N–H and O–H groups in total. The first-order chi connectivity index (χ1) is 7.79. The van der Waals surface area contributed by atoms with Crippen molar-refractivity contribution in [1.29, 1.82) is 0 Å². The van der Waals surface area contributed by atoms with Crippen LogP contribution in [0, 0.1) is 0 Å². The highest BCUT2D eigenvalue weighted by atomic mass is 16.5. The van der Waals surface area contributed by atoms with Crippen LogP contribution in [0.1, 0.15) is 13.8 Å². The van der Waals surface area contributed by atoms with Crippen LogP contribution in [-0.2, 0) is 0 Å². The highest BCUT2D eigenvalue weighted by Crippen LogP contribution is 2.17. The molecule has 1 aromatic rings. The molecule has 1 saturated heterocycles. The van der Waals surface area contributed by atoms with E-state index in [1.807, 2.05) is 25.1 Å². The Balaban J connectivity index is 2.09. The number of anilines is 1. The number of hydrogen-bond acceptors (Lipinski definition) is 4. The van der Waals surface area contributed by atoms with E-state index in [0.717, 1.165) is 25.5 Å². The van der Waals surface area contributed by atoms with Crippen LogP contribution in [0.4, 0.5) is 5.82 Å². The summed E-state index contributed by atoms with van der Waals surface area (Å²) in [6, 6.07) is 6.46. The standard InChI is InChI=1S/C12H19N3O/c1-3-16-12-6-4-5-11(14-12)15-8-7-13-10(2)9-15/h4-6,10,13H,3,7-9H2,1-2H3/t10-/m0/s1. The Morgan fingerprint density at radius 2 is 2.44 bits per heavy atom. The zero-order chi connectivity index (χ0) is 11.4. The quantitative estimate of drug-likeness (QED) is 0.834. The third-order valence-corrected chi connectivity index (χ3v) is 2.69. The van der Waals surface area contributed by atoms with Crippen LogP contribution >= 0.6 is 0 Å². The molecule has 0 amide bonds. The van der Waals surface area contributed by atoms with Gasteiger partial charge in [-0.15, -0.1) is 0 Å². The molecule has 1 fully saturated rings. The Bertz CT molecular complexity index is 343. The van der Waals surface area contributed by atoms with Crippen molar-refractivity contribution in [3.63, 3.8) is 0 Å². The molecule has 4 nitrogen and oxygen atoms in total. The van der Waals surface area contributed by atoms with Gasteiger partial charge in [0.25, 0.3) is 0 Å². The molecule has 2 rings (SSSR count). The second kappa shape index (κ2) is 5.16. The number of rotatable bonds is 3. The molecule has 1 aromatic heterocycles. The van der Waals surface area contributed by atoms with Gasteiger partial charge in [-0.05, 0) is 19.9 Å². The van der Waals surface area contributed by atoms with E-state index in [1.54, 1.807) is 0 Å². The summed E-state index contributed by atoms with van der Waals surface area (Å²) in [6.07, 6.45) is 0. The van der Waals surface area contributed by atoms with Crippen molar-refractivity contribution in [2.45, 2.75) is 19.9 Å². The van der Waals surface area contributed by atoms with Crippen molar-refractivity contribution in [3.05, 3.63) is 18.2 Å². The van der Waals surface area contributed by atoms with Gasteiger partial charge in [-0.1, -0.05) is 6.07 Å². The largest absolute Gasteiger partial charge is 0.478 e. The minimum atomic E-state index is 0.520. The number of ether oxygens (including phenoxy) is 1. The third kappa shape index (κ3) is 2.64. The van der Waals surface area contributed by atoms with Gasteiger partial charge < -0.3 is 15.0 Å². The van der Waals surface area contributed by atoms with Gasteiger partial charge in [-0.25, -0.2) is 0 Å². The average molecular weight is 221 g/mol. The summed E-state index contributed by atoms with van der Waals surface area (Å²) in [5, 5.41) is 3.42. The van der Waals surface area contributed by atoms with Gasteiger partial charge in [-0.3, -0.25) is 0 Å². The Hall–Kier alpha value is -1.29. The molecule has 0 saturated carbocycles. The van der Waals surface area contributed by atoms with Crippen LogP contribution in [0.15, 0.2) is 18.2 Å². The summed E-state index contributed by atoms with van der Waals surface area (Å²) in [5.74, 6) is 1.73. The summed E-state index contributed by atoms with van der Waals surface area (Å²) in [4.78, 5) is 6.79. The van der Waals surface area contributed by atoms with Crippen LogP contribution in [0.2, 0.25) is 0 Å². The van der Waals surface area contributed by atoms with Crippen LogP contribution in [0.25, 0.3) is 0 Å². The molecular formula is C12H19N3O. The molecule has 0 radical (unpaired) electrons. The maximum absolute atomic E-state index is 5.41. The first-order valence-corrected chi connectivity index (χ1v) is 5.88. The molecule has 4 heteroatoms. The van der Waals surface area contributed by atoms with E-state index in [1.165, 1.54) is 0 Å². The topological polar surface area (TPSA) is 37.4 Å². The summed E-state index contributed by atoms with van der Waals surface area (Å²) < 4.78 is 5.41. The van der Waals surface area contributed by atoms with Gasteiger partial charge in [0.1, 0.15) is 5.82 Å². The fourth-order valence-corrected chi connectivity index (χ4v) is 1.95. The van der Waals surface area contributed by atoms with Crippen molar-refractivity contribution >= 4 is 5.82 Å². The second-order valence-corrected chi connectivity index (χ2v) is 4.07. The van der Waals surface area contributed by atoms with E-state index < -0.39 is 0 Å². The molecule has 0 aliphatic carbocycles. The van der Waals surface area contributed by atoms with Crippen LogP contribution in [-0.4, -0.2) is 37.3 Å². The number of nitrogens with one attached hydrogen (secondary N) is 1. The number of nitrogens with zero attached hydrogens (tertiary/aromatic N) is 2. The monoisotopic (exact) mass is 221 g/mol. The molecule has 2 heterocycles. The number of hydrogen-bond donors (Lipinski definition) is 1. The van der Waals surface area contributed by atoms with E-state index in [4.69, 9.17) is 4.74 Å². The SMILES string of the molecule is CCOc1cccc(N2CCN[C@@H](C)C2)n1. The summed E-state index contributed by atoms with van der Waals surface area (Å²) >= 11 is 0. The lowest BCUT2D eigenvalue weighted by molar-refractivity contribution is 0.326. The van der Waals surface area contributed by atoms with Gasteiger partial charge >= 0.3 is 0 Å². The maximum atomic E-state index is 5.41. The highest BCUT2D eigenvalue weighted by Gasteiger charge is 2.16. The Morgan fingerprint density at radius 1 is 1.56 bits per heavy atom. The Morgan fingerprint density at radius 3 is 3.19 bits per heavy atom. The van der Waals surface area contributed by atoms with Crippen LogP contribution in [0.3, 0.4) is 0 Å². The zero-order valence-electron chi connectivity index (χ0n) is 9.94. The van der Waals surface area contributed by atoms with Crippen LogP contribution < -0.4 is 15.0 Å². The predicted octanol–water partition coefficient (Wildman–Crippen LogP) is 1.28. The van der Waals surface area contributed by atoms with Crippen molar-refractivity contribution in [1.82, 2.24) is 10.3 Å². The van der Waals surface area contributed by atoms with Crippen LogP contribution in [0.5, 0.6) is 5.88 Å². The predicted molar refractivity (Wildman–Crippen MR) is 65.1 cm³/mol. The van der Waals surface area contributed by atoms with Gasteiger partial charge in [0.05, 0.1) is 6.61 Å². The second-order valence-electron chi connectivity index (χ2n) is 4.07. The van der Waals surface area contributed by atoms with Gasteiger partial charge in [0.2, 0.25) is 5.88 Å². The fraction of sp³-hybridized carbons (Fsp3) is 0.583. The molecule has 0 bridgehead atoms. The highest BCUT2D eigenvalue weighted by molar-refractivity contribution is 5.41. The summed E-state index contributed by atoms with van der Waals surface area (Å²) in [6.45, 7) is 7.85. The summed E-state index contributed by atoms with van der Waals surface area (Å²) in [5.41, 5.74) is 0. The number of piperazine rings is 1. The lowest BCUT2D eigenvalue weighted by Gasteiger charge is -2.32. The molecule has 0 aromatic carbocycles. The lowest BCUT2D eigenvalue weighted by atomic mass is 10.2. The van der Waals surface area contributed by atoms with E-state index in [9.17, 15) is 0 Å². The van der Waals surface area contributed by atoms with Gasteiger partial charge in [0, 0.05) is 31.7 Å². The van der Waals surface area contributed by atoms with Crippen molar-refractivity contribution in [2.75, 3.05) is 31.1 Å². The fourth-order valence-electron chi connectivity index (χ4n) is 1.95. The number of pyridine rings is 1. The Labute approximate surface area is 96.6 Å². The first kappa shape index (κ1) is 11.2. The molecule has 1 aliphatic heterocycles. The van der Waals surface area contributed by atoms with Crippen molar-refractivity contribution in [3.8, 4) is 5.88 Å². The molecule has 1 aliphatic rings. The first-order valence-electron chi connectivity index (χ1n) is 5.88. The average Bonchev–Trinajstić information content (AvgIpc) is 2.30. The van der Waals surface area contributed by atoms with Gasteiger partial charge in [0.15, 0.2) is 0 Å². The molecule has 16 heavy (non-hydrogen) atoms. The molecule has 0 spiro atoms. The maximum Gasteiger partial charge on any atom is 0.215 e. The lowest BCUT2D eigenvalue weighted by Crippen LogP contribution is -2.49. The van der Waals surface area contributed by atoms with Crippen molar-refractivity contribution < 1.29 is 4.74 Å². The number of aromatic nitrogens is 1. The smallest absolute Gasteiger partial charge is 0.215 e. The van der Waals surface area contributed by atoms with E-state index in [2.05, 4.69) is 22.1 Å². The van der Waals surface area contributed by atoms with E-state index in [0.29, 0.717) is 18.5 Å². The van der Waals surface area contributed by atoms with Crippen molar-refractivity contribution in [2.24, 2.45) is 0 Å². The third-order valence-electron chi connectivity index (χ3n) is 2.69. The molecular weight excluding hydrogens is 202 g/mol.